The fourth-order valence-corrected chi connectivity index (χ4v) is 13.6. The molecule has 0 aromatic heterocycles. The van der Waals surface area contributed by atoms with E-state index >= 15 is 0 Å². The Hall–Kier alpha value is -0.877. The maximum atomic E-state index is 2.71. The minimum absolute atomic E-state index is 0. The molecule has 6 aliphatic carbocycles. The van der Waals surface area contributed by atoms with Gasteiger partial charge in [-0.15, -0.1) is 0 Å². The zero-order chi connectivity index (χ0) is 28.6. The van der Waals surface area contributed by atoms with Crippen LogP contribution in [-0.2, 0) is 24.7 Å². The molecule has 0 saturated heterocycles. The number of hydrogen-bond acceptors (Lipinski definition) is 0. The summed E-state index contributed by atoms with van der Waals surface area (Å²) in [6.45, 7) is 27.9. The van der Waals surface area contributed by atoms with E-state index in [2.05, 4.69) is 143 Å². The molecule has 0 nitrogen and oxygen atoms in total. The molecule has 217 valence electrons. The van der Waals surface area contributed by atoms with E-state index in [4.69, 9.17) is 0 Å². The summed E-state index contributed by atoms with van der Waals surface area (Å²) in [6.07, 6.45) is 28.4. The van der Waals surface area contributed by atoms with Crippen LogP contribution in [0.1, 0.15) is 82.6 Å². The number of halogens is 2. The summed E-state index contributed by atoms with van der Waals surface area (Å²) in [4.78, 5) is 0. The van der Waals surface area contributed by atoms with E-state index in [1.54, 1.807) is 35.9 Å². The molecule has 0 aromatic carbocycles. The summed E-state index contributed by atoms with van der Waals surface area (Å²) in [6, 6.07) is 0. The first-order valence-electron chi connectivity index (χ1n) is 15.0. The zero-order valence-electron chi connectivity index (χ0n) is 26.9. The Morgan fingerprint density at radius 1 is 0.732 bits per heavy atom. The molecule has 2 saturated carbocycles. The van der Waals surface area contributed by atoms with Gasteiger partial charge in [-0.3, -0.25) is 0 Å². The third-order valence-corrected chi connectivity index (χ3v) is 16.6. The van der Waals surface area contributed by atoms with Crippen LogP contribution in [0.25, 0.3) is 0 Å². The predicted octanol–water partition coefficient (Wildman–Crippen LogP) is 4.52. The summed E-state index contributed by atoms with van der Waals surface area (Å²) in [7, 11) is 0. The molecule has 3 heteroatoms. The topological polar surface area (TPSA) is 0 Å². The van der Waals surface area contributed by atoms with Gasteiger partial charge in [-0.2, -0.15) is 0 Å². The monoisotopic (exact) mass is 663 g/mol. The molecule has 0 amide bonds. The van der Waals surface area contributed by atoms with Gasteiger partial charge in [0.1, 0.15) is 0 Å². The van der Waals surface area contributed by atoms with E-state index in [-0.39, 0.29) is 62.7 Å². The second-order valence-corrected chi connectivity index (χ2v) is 16.4. The van der Waals surface area contributed by atoms with Crippen LogP contribution in [0.5, 0.6) is 0 Å². The first-order chi connectivity index (χ1) is 18.0. The summed E-state index contributed by atoms with van der Waals surface area (Å²) in [5.41, 5.74) is 10.4. The van der Waals surface area contributed by atoms with Crippen LogP contribution < -0.4 is 24.8 Å². The van der Waals surface area contributed by atoms with Crippen LogP contribution in [0.15, 0.2) is 106 Å². The Balaban J connectivity index is 0.00000194. The van der Waals surface area contributed by atoms with Crippen molar-refractivity contribution in [1.82, 2.24) is 0 Å². The molecule has 0 aliphatic heterocycles. The number of allylic oxidation sites excluding steroid dienone is 18. The van der Waals surface area contributed by atoms with Crippen molar-refractivity contribution >= 4 is 0 Å². The molecule has 2 fully saturated rings. The van der Waals surface area contributed by atoms with Crippen molar-refractivity contribution in [3.8, 4) is 0 Å². The fraction of sp³-hybridized carbons (Fsp3) is 0.526. The first kappa shape index (κ1) is 33.0. The number of fused-ring (bicyclic) bond motifs is 8. The molecule has 0 radical (unpaired) electrons. The normalized spacial score (nSPS) is 46.9. The summed E-state index contributed by atoms with van der Waals surface area (Å²) < 4.78 is 0.518. The van der Waals surface area contributed by atoms with Gasteiger partial charge in [0.05, 0.1) is 0 Å². The third kappa shape index (κ3) is 3.14. The second-order valence-electron chi connectivity index (χ2n) is 15.0. The SMILES string of the molecule is CC1=CCC(C2=C(C)C3(C)C(=CC2=C(C)C)[CH]([Zr+2])C2(C)C4(C)C=CC=CC4(C)C4(C)C=CC=CC4(C)C32C)=C1.[Cl-].[Cl-]. The van der Waals surface area contributed by atoms with Crippen LogP contribution >= 0.6 is 0 Å². The molecule has 6 rings (SSSR count). The molecule has 41 heavy (non-hydrogen) atoms. The van der Waals surface area contributed by atoms with E-state index < -0.39 is 0 Å². The summed E-state index contributed by atoms with van der Waals surface area (Å²) in [5, 5.41) is 0. The van der Waals surface area contributed by atoms with Crippen LogP contribution in [0.4, 0.5) is 0 Å². The van der Waals surface area contributed by atoms with E-state index in [0.29, 0.717) is 3.63 Å². The predicted molar refractivity (Wildman–Crippen MR) is 163 cm³/mol. The Kier molecular flexibility index (Phi) is 7.70. The summed E-state index contributed by atoms with van der Waals surface area (Å²) >= 11 is 1.64. The van der Waals surface area contributed by atoms with E-state index in [0.717, 1.165) is 6.42 Å². The molecule has 0 heterocycles. The summed E-state index contributed by atoms with van der Waals surface area (Å²) in [5.74, 6) is 0. The van der Waals surface area contributed by atoms with Crippen molar-refractivity contribution in [1.29, 1.82) is 0 Å². The van der Waals surface area contributed by atoms with Crippen molar-refractivity contribution in [3.05, 3.63) is 106 Å². The van der Waals surface area contributed by atoms with Gasteiger partial charge in [0.2, 0.25) is 0 Å². The number of rotatable bonds is 1. The molecule has 8 atom stereocenters. The van der Waals surface area contributed by atoms with Gasteiger partial charge in [-0.1, -0.05) is 0 Å². The first-order valence-corrected chi connectivity index (χ1v) is 16.4. The molecular weight excluding hydrogens is 619 g/mol. The molecule has 0 aromatic rings. The quantitative estimate of drug-likeness (QED) is 0.387. The molecule has 6 aliphatic rings. The van der Waals surface area contributed by atoms with Crippen molar-refractivity contribution in [2.45, 2.75) is 86.2 Å². The van der Waals surface area contributed by atoms with Crippen LogP contribution in [-0.4, -0.2) is 0 Å². The van der Waals surface area contributed by atoms with Crippen molar-refractivity contribution < 1.29 is 49.5 Å². The van der Waals surface area contributed by atoms with Crippen molar-refractivity contribution in [2.75, 3.05) is 0 Å². The molecular formula is C38H47Cl2Zr. The van der Waals surface area contributed by atoms with Gasteiger partial charge in [0, 0.05) is 0 Å². The Morgan fingerprint density at radius 3 is 1.71 bits per heavy atom. The third-order valence-electron chi connectivity index (χ3n) is 14.4. The minimum atomic E-state index is -0.0632. The maximum Gasteiger partial charge on any atom is -1.00 e. The van der Waals surface area contributed by atoms with Crippen LogP contribution in [0, 0.1) is 37.9 Å². The van der Waals surface area contributed by atoms with Crippen molar-refractivity contribution in [2.24, 2.45) is 37.9 Å². The van der Waals surface area contributed by atoms with Gasteiger partial charge < -0.3 is 24.8 Å². The van der Waals surface area contributed by atoms with Crippen LogP contribution in [0.3, 0.4) is 0 Å². The fourth-order valence-electron chi connectivity index (χ4n) is 11.2. The Labute approximate surface area is 277 Å². The van der Waals surface area contributed by atoms with Gasteiger partial charge in [0.15, 0.2) is 0 Å². The Bertz CT molecular complexity index is 1490. The molecule has 0 bridgehead atoms. The smallest absolute Gasteiger partial charge is 1.00 e. The van der Waals surface area contributed by atoms with E-state index in [9.17, 15) is 0 Å². The van der Waals surface area contributed by atoms with E-state index in [1.807, 2.05) is 0 Å². The molecule has 0 N–H and O–H groups in total. The van der Waals surface area contributed by atoms with Crippen molar-refractivity contribution in [3.63, 3.8) is 0 Å². The Morgan fingerprint density at radius 2 is 1.22 bits per heavy atom. The van der Waals surface area contributed by atoms with Gasteiger partial charge >= 0.3 is 255 Å². The zero-order valence-corrected chi connectivity index (χ0v) is 30.9. The van der Waals surface area contributed by atoms with Gasteiger partial charge in [-0.25, -0.2) is 0 Å². The van der Waals surface area contributed by atoms with E-state index in [1.165, 1.54) is 27.9 Å². The molecule has 0 spiro atoms. The average Bonchev–Trinajstić information content (AvgIpc) is 3.36. The minimum Gasteiger partial charge on any atom is -1.00 e. The van der Waals surface area contributed by atoms with Gasteiger partial charge in [0.25, 0.3) is 0 Å². The van der Waals surface area contributed by atoms with Gasteiger partial charge in [-0.05, 0) is 0 Å². The number of hydrogen-bond donors (Lipinski definition) is 0. The standard InChI is InChI=1S/C38H47.2ClH.Zr/c1-25(2)30-23-29-24-36(9)34(7)20-13-12-18-32(34,5)33(6)19-14-15-21-35(33,8)38(36,11)37(29,10)27(4)31(30)28-17-16-26(3)22-28;;;/h12-16,18-24H,17H2,1-11H3;2*1H;/q;;;+2/p-2. The molecule has 8 unspecified atom stereocenters. The average molecular weight is 666 g/mol. The maximum absolute atomic E-state index is 2.71. The second kappa shape index (κ2) is 9.56. The largest absolute Gasteiger partial charge is 1.00 e. The van der Waals surface area contributed by atoms with Crippen LogP contribution in [0.2, 0.25) is 3.63 Å².